The van der Waals surface area contributed by atoms with Crippen molar-refractivity contribution >= 4 is 50.7 Å². The topological polar surface area (TPSA) is 96.0 Å². The van der Waals surface area contributed by atoms with Crippen LogP contribution in [0.15, 0.2) is 71.6 Å². The van der Waals surface area contributed by atoms with Crippen molar-refractivity contribution < 1.29 is 22.7 Å². The molecule has 41 heavy (non-hydrogen) atoms. The van der Waals surface area contributed by atoms with Gasteiger partial charge in [-0.2, -0.15) is 0 Å². The molecule has 11 heteroatoms. The number of nitrogens with zero attached hydrogens (tertiary/aromatic N) is 2. The Labute approximate surface area is 252 Å². The molecule has 1 atom stereocenters. The van der Waals surface area contributed by atoms with Crippen LogP contribution in [0, 0.1) is 6.92 Å². The second-order valence-corrected chi connectivity index (χ2v) is 12.5. The maximum atomic E-state index is 14.2. The number of para-hydroxylation sites is 2. The Balaban J connectivity index is 2.14. The van der Waals surface area contributed by atoms with Crippen LogP contribution in [0.1, 0.15) is 38.3 Å². The second-order valence-electron chi connectivity index (χ2n) is 9.81. The second kappa shape index (κ2) is 14.1. The number of ether oxygens (including phenoxy) is 1. The zero-order chi connectivity index (χ0) is 30.3. The summed E-state index contributed by atoms with van der Waals surface area (Å²) < 4.78 is 34.5. The summed E-state index contributed by atoms with van der Waals surface area (Å²) in [6.45, 7) is 6.55. The quantitative estimate of drug-likeness (QED) is 0.275. The highest BCUT2D eigenvalue weighted by molar-refractivity contribution is 7.92. The Bertz CT molecular complexity index is 1460. The Hall–Kier alpha value is -3.27. The number of halogens is 2. The number of rotatable bonds is 12. The fraction of sp³-hybridized carbons (Fsp3) is 0.333. The molecule has 3 aromatic carbocycles. The molecule has 0 spiro atoms. The van der Waals surface area contributed by atoms with E-state index < -0.39 is 28.5 Å². The first-order valence-corrected chi connectivity index (χ1v) is 15.3. The van der Waals surface area contributed by atoms with E-state index in [2.05, 4.69) is 5.32 Å². The molecule has 0 fully saturated rings. The highest BCUT2D eigenvalue weighted by Gasteiger charge is 2.35. The summed E-state index contributed by atoms with van der Waals surface area (Å²) in [7, 11) is -2.82. The lowest BCUT2D eigenvalue weighted by Crippen LogP contribution is -2.53. The van der Waals surface area contributed by atoms with Crippen LogP contribution in [-0.4, -0.2) is 50.9 Å². The Morgan fingerprint density at radius 2 is 1.56 bits per heavy atom. The van der Waals surface area contributed by atoms with E-state index in [1.165, 1.54) is 24.1 Å². The summed E-state index contributed by atoms with van der Waals surface area (Å²) in [5.74, 6) is -0.723. The predicted octanol–water partition coefficient (Wildman–Crippen LogP) is 5.84. The van der Waals surface area contributed by atoms with Crippen LogP contribution in [0.25, 0.3) is 0 Å². The molecule has 0 aromatic heterocycles. The maximum absolute atomic E-state index is 14.2. The van der Waals surface area contributed by atoms with Gasteiger partial charge in [-0.3, -0.25) is 13.9 Å². The molecule has 3 rings (SSSR count). The third-order valence-corrected chi connectivity index (χ3v) is 8.93. The number of methoxy groups -OCH3 is 1. The number of sulfonamides is 1. The van der Waals surface area contributed by atoms with Gasteiger partial charge in [-0.25, -0.2) is 8.42 Å². The number of carbonyl (C=O) groups excluding carboxylic acids is 2. The average Bonchev–Trinajstić information content (AvgIpc) is 2.92. The number of amides is 2. The summed E-state index contributed by atoms with van der Waals surface area (Å²) in [6.07, 6.45) is 0.270. The number of aryl methyl sites for hydroxylation is 1. The van der Waals surface area contributed by atoms with Gasteiger partial charge in [-0.15, -0.1) is 0 Å². The van der Waals surface area contributed by atoms with Crippen molar-refractivity contribution in [3.63, 3.8) is 0 Å². The summed E-state index contributed by atoms with van der Waals surface area (Å²) in [5.41, 5.74) is 1.51. The van der Waals surface area contributed by atoms with Crippen LogP contribution in [0.2, 0.25) is 10.0 Å². The van der Waals surface area contributed by atoms with Crippen molar-refractivity contribution in [1.29, 1.82) is 0 Å². The largest absolute Gasteiger partial charge is 0.495 e. The fourth-order valence-corrected chi connectivity index (χ4v) is 6.28. The van der Waals surface area contributed by atoms with Gasteiger partial charge in [-0.1, -0.05) is 66.0 Å². The zero-order valence-electron chi connectivity index (χ0n) is 23.7. The summed E-state index contributed by atoms with van der Waals surface area (Å²) in [4.78, 5) is 28.8. The molecule has 8 nitrogen and oxygen atoms in total. The monoisotopic (exact) mass is 619 g/mol. The molecule has 2 amide bonds. The van der Waals surface area contributed by atoms with Gasteiger partial charge in [0.1, 0.15) is 18.3 Å². The van der Waals surface area contributed by atoms with Crippen LogP contribution >= 0.6 is 23.2 Å². The molecule has 0 aliphatic rings. The van der Waals surface area contributed by atoms with Crippen LogP contribution in [-0.2, 0) is 26.2 Å². The molecule has 0 radical (unpaired) electrons. The molecule has 0 saturated heterocycles. The summed E-state index contributed by atoms with van der Waals surface area (Å²) >= 11 is 12.9. The van der Waals surface area contributed by atoms with Crippen LogP contribution in [0.4, 0.5) is 5.69 Å². The van der Waals surface area contributed by atoms with E-state index in [4.69, 9.17) is 27.9 Å². The molecule has 0 heterocycles. The van der Waals surface area contributed by atoms with Crippen LogP contribution in [0.3, 0.4) is 0 Å². The number of nitrogens with one attached hydrogen (secondary N) is 1. The van der Waals surface area contributed by atoms with E-state index >= 15 is 0 Å². The number of hydrogen-bond acceptors (Lipinski definition) is 5. The number of carbonyl (C=O) groups is 2. The molecule has 0 aliphatic heterocycles. The third kappa shape index (κ3) is 7.72. The molecule has 1 unspecified atom stereocenters. The van der Waals surface area contributed by atoms with Gasteiger partial charge < -0.3 is 15.0 Å². The average molecular weight is 621 g/mol. The van der Waals surface area contributed by atoms with Gasteiger partial charge in [0.2, 0.25) is 11.8 Å². The molecule has 0 saturated carbocycles. The maximum Gasteiger partial charge on any atom is 0.264 e. The van der Waals surface area contributed by atoms with Gasteiger partial charge in [0, 0.05) is 28.2 Å². The molecule has 220 valence electrons. The van der Waals surface area contributed by atoms with Gasteiger partial charge in [0.05, 0.1) is 17.7 Å². The van der Waals surface area contributed by atoms with E-state index in [0.717, 1.165) is 9.87 Å². The number of hydrogen-bond donors (Lipinski definition) is 1. The van der Waals surface area contributed by atoms with E-state index in [9.17, 15) is 18.0 Å². The Kier molecular flexibility index (Phi) is 11.1. The minimum absolute atomic E-state index is 0.00657. The molecular formula is C30H35Cl2N3O5S. The minimum Gasteiger partial charge on any atom is -0.495 e. The van der Waals surface area contributed by atoms with Crippen molar-refractivity contribution in [1.82, 2.24) is 10.2 Å². The smallest absolute Gasteiger partial charge is 0.264 e. The van der Waals surface area contributed by atoms with Gasteiger partial charge in [0.15, 0.2) is 0 Å². The highest BCUT2D eigenvalue weighted by atomic mass is 35.5. The van der Waals surface area contributed by atoms with Crippen LogP contribution < -0.4 is 14.4 Å². The van der Waals surface area contributed by atoms with Gasteiger partial charge in [-0.05, 0) is 63.6 Å². The van der Waals surface area contributed by atoms with Gasteiger partial charge in [0.25, 0.3) is 10.0 Å². The van der Waals surface area contributed by atoms with E-state index in [0.29, 0.717) is 15.6 Å². The normalized spacial score (nSPS) is 12.1. The lowest BCUT2D eigenvalue weighted by molar-refractivity contribution is -0.140. The summed E-state index contributed by atoms with van der Waals surface area (Å²) in [6, 6.07) is 16.8. The Morgan fingerprint density at radius 3 is 2.12 bits per heavy atom. The highest BCUT2D eigenvalue weighted by Crippen LogP contribution is 2.33. The van der Waals surface area contributed by atoms with E-state index in [-0.39, 0.29) is 41.2 Å². The zero-order valence-corrected chi connectivity index (χ0v) is 26.1. The van der Waals surface area contributed by atoms with E-state index in [1.54, 1.807) is 61.5 Å². The van der Waals surface area contributed by atoms with Crippen LogP contribution in [0.5, 0.6) is 5.75 Å². The predicted molar refractivity (Wildman–Crippen MR) is 163 cm³/mol. The standard InChI is InChI=1S/C30H35Cl2N3O5S/c1-6-26(30(37)33-20(2)3)34(18-23-24(31)10-9-11-25(23)32)29(36)19-35(27-12-7-8-13-28(27)40-5)41(38,39)22-16-14-21(4)15-17-22/h7-17,20,26H,6,18-19H2,1-5H3,(H,33,37). The molecule has 3 aromatic rings. The molecule has 1 N–H and O–H groups in total. The third-order valence-electron chi connectivity index (χ3n) is 6.45. The van der Waals surface area contributed by atoms with Crippen molar-refractivity contribution in [3.05, 3.63) is 87.9 Å². The van der Waals surface area contributed by atoms with Crippen molar-refractivity contribution in [3.8, 4) is 5.75 Å². The lowest BCUT2D eigenvalue weighted by Gasteiger charge is -2.34. The van der Waals surface area contributed by atoms with Gasteiger partial charge >= 0.3 is 0 Å². The molecular weight excluding hydrogens is 585 g/mol. The van der Waals surface area contributed by atoms with E-state index in [1.807, 2.05) is 20.8 Å². The SMILES string of the molecule is CCC(C(=O)NC(C)C)N(Cc1c(Cl)cccc1Cl)C(=O)CN(c1ccccc1OC)S(=O)(=O)c1ccc(C)cc1. The van der Waals surface area contributed by atoms with Crippen molar-refractivity contribution in [2.45, 2.75) is 57.6 Å². The first-order valence-electron chi connectivity index (χ1n) is 13.2. The molecule has 0 aliphatic carbocycles. The Morgan fingerprint density at radius 1 is 0.951 bits per heavy atom. The van der Waals surface area contributed by atoms with Crippen molar-refractivity contribution in [2.24, 2.45) is 0 Å². The lowest BCUT2D eigenvalue weighted by atomic mass is 10.1. The number of anilines is 1. The summed E-state index contributed by atoms with van der Waals surface area (Å²) in [5, 5.41) is 3.50. The first-order chi connectivity index (χ1) is 19.4. The first kappa shape index (κ1) is 32.2. The minimum atomic E-state index is -4.24. The molecule has 0 bridgehead atoms. The number of benzene rings is 3. The van der Waals surface area contributed by atoms with Crippen molar-refractivity contribution in [2.75, 3.05) is 18.0 Å². The fourth-order valence-electron chi connectivity index (χ4n) is 4.34.